The van der Waals surface area contributed by atoms with Crippen LogP contribution in [0.1, 0.15) is 35.9 Å². The van der Waals surface area contributed by atoms with Crippen LogP contribution in [0.2, 0.25) is 5.02 Å². The third-order valence-electron chi connectivity index (χ3n) is 5.12. The Labute approximate surface area is 212 Å². The molecule has 8 nitrogen and oxygen atoms in total. The number of nitrogens with zero attached hydrogens (tertiary/aromatic N) is 3. The van der Waals surface area contributed by atoms with Crippen molar-refractivity contribution in [2.75, 3.05) is 18.5 Å². The fourth-order valence-corrected chi connectivity index (χ4v) is 3.63. The molecule has 0 aliphatic carbocycles. The van der Waals surface area contributed by atoms with E-state index in [1.807, 2.05) is 19.9 Å². The summed E-state index contributed by atoms with van der Waals surface area (Å²) in [5.41, 5.74) is 1.92. The van der Waals surface area contributed by atoms with Crippen molar-refractivity contribution in [3.8, 4) is 16.9 Å². The second-order valence-electron chi connectivity index (χ2n) is 8.18. The van der Waals surface area contributed by atoms with E-state index in [0.29, 0.717) is 41.2 Å². The van der Waals surface area contributed by atoms with E-state index >= 15 is 0 Å². The molecule has 2 aromatic heterocycles. The van der Waals surface area contributed by atoms with Gasteiger partial charge in [0.1, 0.15) is 29.8 Å². The zero-order chi connectivity index (χ0) is 25.5. The molecule has 0 saturated heterocycles. The first kappa shape index (κ1) is 25.3. The van der Waals surface area contributed by atoms with Crippen molar-refractivity contribution >= 4 is 23.3 Å². The van der Waals surface area contributed by atoms with Crippen molar-refractivity contribution < 1.29 is 18.7 Å². The number of carbonyl (C=O) groups excluding carboxylic acids is 1. The molecule has 0 fully saturated rings. The molecule has 0 unspecified atom stereocenters. The Morgan fingerprint density at radius 2 is 1.94 bits per heavy atom. The van der Waals surface area contributed by atoms with Crippen LogP contribution >= 0.6 is 11.6 Å². The largest absolute Gasteiger partial charge is 0.491 e. The third-order valence-corrected chi connectivity index (χ3v) is 5.45. The maximum atomic E-state index is 13.9. The summed E-state index contributed by atoms with van der Waals surface area (Å²) in [5.74, 6) is 0.434. The Hall–Kier alpha value is -3.82. The molecular weight excluding hydrogens is 485 g/mol. The van der Waals surface area contributed by atoms with Crippen molar-refractivity contribution in [3.63, 3.8) is 0 Å². The van der Waals surface area contributed by atoms with E-state index in [-0.39, 0.29) is 24.2 Å². The van der Waals surface area contributed by atoms with Crippen molar-refractivity contribution in [3.05, 3.63) is 88.8 Å². The van der Waals surface area contributed by atoms with E-state index in [0.717, 1.165) is 11.1 Å². The number of anilines is 1. The quantitative estimate of drug-likeness (QED) is 0.281. The van der Waals surface area contributed by atoms with Gasteiger partial charge in [-0.15, -0.1) is 10.2 Å². The second kappa shape index (κ2) is 11.7. The molecule has 0 radical (unpaired) electrons. The predicted octanol–water partition coefficient (Wildman–Crippen LogP) is 5.31. The molecule has 186 valence electrons. The topological polar surface area (TPSA) is 102 Å². The van der Waals surface area contributed by atoms with E-state index in [9.17, 15) is 9.18 Å². The van der Waals surface area contributed by atoms with Crippen LogP contribution < -0.4 is 10.1 Å². The first-order chi connectivity index (χ1) is 17.4. The lowest BCUT2D eigenvalue weighted by molar-refractivity contribution is 0.0553. The average Bonchev–Trinajstić information content (AvgIpc) is 3.33. The molecule has 2 heterocycles. The molecule has 0 spiro atoms. The molecule has 10 heteroatoms. The summed E-state index contributed by atoms with van der Waals surface area (Å²) < 4.78 is 25.2. The highest BCUT2D eigenvalue weighted by molar-refractivity contribution is 6.33. The molecule has 4 rings (SSSR count). The van der Waals surface area contributed by atoms with Gasteiger partial charge in [-0.1, -0.05) is 29.8 Å². The maximum absolute atomic E-state index is 13.9. The van der Waals surface area contributed by atoms with Crippen LogP contribution in [0.4, 0.5) is 10.2 Å². The lowest BCUT2D eigenvalue weighted by atomic mass is 10.1. The summed E-state index contributed by atoms with van der Waals surface area (Å²) in [4.78, 5) is 19.7. The monoisotopic (exact) mass is 509 g/mol. The molecular formula is C26H25ClFN5O3. The molecule has 2 N–H and O–H groups in total. The lowest BCUT2D eigenvalue weighted by Crippen LogP contribution is -2.14. The highest BCUT2D eigenvalue weighted by atomic mass is 35.5. The Kier molecular flexibility index (Phi) is 8.24. The van der Waals surface area contributed by atoms with Gasteiger partial charge in [0.15, 0.2) is 0 Å². The molecule has 1 amide bonds. The zero-order valence-corrected chi connectivity index (χ0v) is 20.6. The van der Waals surface area contributed by atoms with Crippen LogP contribution in [0.15, 0.2) is 60.8 Å². The van der Waals surface area contributed by atoms with Crippen LogP contribution in [-0.4, -0.2) is 45.4 Å². The highest BCUT2D eigenvalue weighted by Crippen LogP contribution is 2.32. The molecule has 0 saturated carbocycles. The summed E-state index contributed by atoms with van der Waals surface area (Å²) in [5, 5.41) is 11.0. The van der Waals surface area contributed by atoms with Gasteiger partial charge in [-0.25, -0.2) is 9.37 Å². The summed E-state index contributed by atoms with van der Waals surface area (Å²) in [6, 6.07) is 15.2. The Bertz CT molecular complexity index is 1340. The Morgan fingerprint density at radius 1 is 1.11 bits per heavy atom. The Balaban J connectivity index is 1.43. The van der Waals surface area contributed by atoms with Gasteiger partial charge in [-0.3, -0.25) is 4.79 Å². The smallest absolute Gasteiger partial charge is 0.294 e. The number of carbonyl (C=O) groups is 1. The number of hydrogen-bond donors (Lipinski definition) is 2. The third kappa shape index (κ3) is 6.65. The van der Waals surface area contributed by atoms with Crippen molar-refractivity contribution in [1.82, 2.24) is 20.2 Å². The van der Waals surface area contributed by atoms with E-state index in [1.54, 1.807) is 48.7 Å². The number of ether oxygens (including phenoxy) is 2. The number of rotatable bonds is 10. The molecule has 0 aliphatic rings. The van der Waals surface area contributed by atoms with Gasteiger partial charge >= 0.3 is 0 Å². The summed E-state index contributed by atoms with van der Waals surface area (Å²) in [6.45, 7) is 4.82. The predicted molar refractivity (Wildman–Crippen MR) is 135 cm³/mol. The minimum atomic E-state index is -0.528. The minimum Gasteiger partial charge on any atom is -0.491 e. The number of aromatic nitrogens is 4. The van der Waals surface area contributed by atoms with Crippen molar-refractivity contribution in [2.24, 2.45) is 0 Å². The van der Waals surface area contributed by atoms with E-state index < -0.39 is 5.91 Å². The second-order valence-corrected chi connectivity index (χ2v) is 8.59. The van der Waals surface area contributed by atoms with E-state index in [1.165, 1.54) is 6.07 Å². The van der Waals surface area contributed by atoms with Crippen LogP contribution in [0.25, 0.3) is 11.1 Å². The standard InChI is InChI=1S/C26H25ClFN5O3/c1-16(2)35-11-12-36-19-7-8-21(27)20(15-19)17-9-10-29-23(13-17)31-26(34)25-30-24(32-33-25)14-18-5-3-4-6-22(18)28/h3-10,13,15-16H,11-12,14H2,1-2H3,(H,29,31,34)(H,30,32,33). The zero-order valence-electron chi connectivity index (χ0n) is 19.8. The fraction of sp³-hybridized carbons (Fsp3) is 0.231. The average molecular weight is 510 g/mol. The van der Waals surface area contributed by atoms with Crippen LogP contribution in [0, 0.1) is 5.82 Å². The number of halogens is 2. The highest BCUT2D eigenvalue weighted by Gasteiger charge is 2.15. The molecule has 0 bridgehead atoms. The molecule has 0 atom stereocenters. The Morgan fingerprint density at radius 3 is 2.75 bits per heavy atom. The van der Waals surface area contributed by atoms with Gasteiger partial charge in [-0.05, 0) is 61.4 Å². The van der Waals surface area contributed by atoms with Gasteiger partial charge in [0.2, 0.25) is 5.82 Å². The first-order valence-electron chi connectivity index (χ1n) is 11.4. The normalized spacial score (nSPS) is 11.0. The molecule has 0 aliphatic heterocycles. The first-order valence-corrected chi connectivity index (χ1v) is 11.7. The fourth-order valence-electron chi connectivity index (χ4n) is 3.40. The number of amides is 1. The lowest BCUT2D eigenvalue weighted by Gasteiger charge is -2.12. The van der Waals surface area contributed by atoms with E-state index in [4.69, 9.17) is 21.1 Å². The van der Waals surface area contributed by atoms with Gasteiger partial charge in [0, 0.05) is 23.2 Å². The maximum Gasteiger partial charge on any atom is 0.294 e. The molecule has 36 heavy (non-hydrogen) atoms. The van der Waals surface area contributed by atoms with Gasteiger partial charge in [-0.2, -0.15) is 0 Å². The van der Waals surface area contributed by atoms with Gasteiger partial charge in [0.05, 0.1) is 12.7 Å². The van der Waals surface area contributed by atoms with E-state index in [2.05, 4.69) is 25.5 Å². The minimum absolute atomic E-state index is 0.00871. The SMILES string of the molecule is CC(C)OCCOc1ccc(Cl)c(-c2ccnc(NC(=O)c3nnc(Cc4ccccc4F)[nH]3)c2)c1. The van der Waals surface area contributed by atoms with Crippen LogP contribution in [0.5, 0.6) is 5.75 Å². The van der Waals surface area contributed by atoms with Gasteiger partial charge < -0.3 is 19.8 Å². The van der Waals surface area contributed by atoms with Crippen molar-refractivity contribution in [1.29, 1.82) is 0 Å². The van der Waals surface area contributed by atoms with Crippen molar-refractivity contribution in [2.45, 2.75) is 26.4 Å². The van der Waals surface area contributed by atoms with Gasteiger partial charge in [0.25, 0.3) is 5.91 Å². The summed E-state index contributed by atoms with van der Waals surface area (Å²) in [7, 11) is 0. The molecule has 4 aromatic rings. The number of H-pyrrole nitrogens is 1. The van der Waals surface area contributed by atoms with Crippen LogP contribution in [0.3, 0.4) is 0 Å². The summed E-state index contributed by atoms with van der Waals surface area (Å²) in [6.07, 6.45) is 1.88. The number of pyridine rings is 1. The number of nitrogens with one attached hydrogen (secondary N) is 2. The number of hydrogen-bond acceptors (Lipinski definition) is 6. The number of aromatic amines is 1. The van der Waals surface area contributed by atoms with Crippen LogP contribution in [-0.2, 0) is 11.2 Å². The molecule has 2 aromatic carbocycles. The summed E-state index contributed by atoms with van der Waals surface area (Å²) >= 11 is 6.43. The number of benzene rings is 2.